The van der Waals surface area contributed by atoms with E-state index in [2.05, 4.69) is 4.72 Å². The number of nitrogens with one attached hydrogen (secondary N) is 1. The van der Waals surface area contributed by atoms with Gasteiger partial charge >= 0.3 is 0 Å². The molecule has 0 radical (unpaired) electrons. The number of fused-ring (bicyclic) bond motifs is 2. The molecule has 3 atom stereocenters. The molecule has 2 fully saturated rings. The first kappa shape index (κ1) is 12.9. The van der Waals surface area contributed by atoms with Crippen LogP contribution in [0.5, 0.6) is 0 Å². The number of rotatable bonds is 3. The lowest BCUT2D eigenvalue weighted by Crippen LogP contribution is -2.41. The van der Waals surface area contributed by atoms with Crippen LogP contribution in [0.1, 0.15) is 24.8 Å². The van der Waals surface area contributed by atoms with Crippen LogP contribution >= 0.6 is 0 Å². The van der Waals surface area contributed by atoms with Gasteiger partial charge in [-0.2, -0.15) is 0 Å². The Bertz CT molecular complexity index is 600. The Balaban J connectivity index is 1.85. The van der Waals surface area contributed by atoms with Gasteiger partial charge in [0.05, 0.1) is 23.1 Å². The van der Waals surface area contributed by atoms with Crippen LogP contribution in [0.4, 0.5) is 5.69 Å². The highest BCUT2D eigenvalue weighted by atomic mass is 32.2. The zero-order chi connectivity index (χ0) is 13.6. The smallest absolute Gasteiger partial charge is 0.241 e. The van der Waals surface area contributed by atoms with Crippen LogP contribution in [-0.4, -0.2) is 26.7 Å². The fourth-order valence-corrected chi connectivity index (χ4v) is 4.49. The van der Waals surface area contributed by atoms with E-state index < -0.39 is 10.0 Å². The Kier molecular flexibility index (Phi) is 3.03. The molecule has 3 unspecified atom stereocenters. The molecule has 5 nitrogen and oxygen atoms in total. The Morgan fingerprint density at radius 1 is 1.37 bits per heavy atom. The first-order chi connectivity index (χ1) is 8.95. The standard InChI is InChI=1S/C13H18N2O3S/c1-8-2-3-9(14)6-13(8)19(16,17)15-11-7-10-4-5-12(11)18-10/h2-3,6,10-12,15H,4-5,7,14H2,1H3. The van der Waals surface area contributed by atoms with Gasteiger partial charge in [0.15, 0.2) is 0 Å². The first-order valence-corrected chi connectivity index (χ1v) is 7.98. The normalized spacial score (nSPS) is 29.8. The second kappa shape index (κ2) is 4.47. The lowest BCUT2D eigenvalue weighted by Gasteiger charge is -2.20. The van der Waals surface area contributed by atoms with E-state index in [0.717, 1.165) is 19.3 Å². The number of ether oxygens (including phenoxy) is 1. The Morgan fingerprint density at radius 2 is 2.16 bits per heavy atom. The molecule has 0 aliphatic carbocycles. The van der Waals surface area contributed by atoms with E-state index in [-0.39, 0.29) is 23.1 Å². The van der Waals surface area contributed by atoms with Gasteiger partial charge < -0.3 is 10.5 Å². The number of benzene rings is 1. The maximum atomic E-state index is 12.4. The van der Waals surface area contributed by atoms with E-state index >= 15 is 0 Å². The summed E-state index contributed by atoms with van der Waals surface area (Å²) in [4.78, 5) is 0.260. The molecule has 1 aromatic carbocycles. The van der Waals surface area contributed by atoms with E-state index in [1.807, 2.05) is 0 Å². The minimum atomic E-state index is -3.53. The number of aryl methyl sites for hydroxylation is 1. The molecule has 1 aromatic rings. The van der Waals surface area contributed by atoms with Gasteiger partial charge in [-0.25, -0.2) is 13.1 Å². The number of nitrogen functional groups attached to an aromatic ring is 1. The zero-order valence-corrected chi connectivity index (χ0v) is 11.6. The Morgan fingerprint density at radius 3 is 2.79 bits per heavy atom. The molecule has 0 spiro atoms. The van der Waals surface area contributed by atoms with E-state index in [4.69, 9.17) is 10.5 Å². The van der Waals surface area contributed by atoms with Crippen LogP contribution in [-0.2, 0) is 14.8 Å². The van der Waals surface area contributed by atoms with Gasteiger partial charge in [0.25, 0.3) is 0 Å². The summed E-state index contributed by atoms with van der Waals surface area (Å²) in [6.07, 6.45) is 3.00. The van der Waals surface area contributed by atoms with Crippen molar-refractivity contribution in [2.75, 3.05) is 5.73 Å². The largest absolute Gasteiger partial charge is 0.399 e. The quantitative estimate of drug-likeness (QED) is 0.816. The number of hydrogen-bond acceptors (Lipinski definition) is 4. The third-order valence-corrected chi connectivity index (χ3v) is 5.55. The number of hydrogen-bond donors (Lipinski definition) is 2. The molecule has 0 amide bonds. The van der Waals surface area contributed by atoms with Gasteiger partial charge in [0.2, 0.25) is 10.0 Å². The molecule has 0 saturated carbocycles. The number of anilines is 1. The maximum absolute atomic E-state index is 12.4. The van der Waals surface area contributed by atoms with E-state index in [1.165, 1.54) is 6.07 Å². The SMILES string of the molecule is Cc1ccc(N)cc1S(=O)(=O)NC1CC2CCC1O2. The monoisotopic (exact) mass is 282 g/mol. The molecule has 3 rings (SSSR count). The van der Waals surface area contributed by atoms with E-state index in [0.29, 0.717) is 11.3 Å². The molecule has 19 heavy (non-hydrogen) atoms. The zero-order valence-electron chi connectivity index (χ0n) is 10.8. The lowest BCUT2D eigenvalue weighted by molar-refractivity contribution is 0.0996. The summed E-state index contributed by atoms with van der Waals surface area (Å²) in [5, 5.41) is 0. The van der Waals surface area contributed by atoms with Crippen molar-refractivity contribution in [3.8, 4) is 0 Å². The molecular formula is C13H18N2O3S. The van der Waals surface area contributed by atoms with Crippen LogP contribution in [0.2, 0.25) is 0 Å². The Hall–Kier alpha value is -1.11. The molecule has 3 N–H and O–H groups in total. The summed E-state index contributed by atoms with van der Waals surface area (Å²) >= 11 is 0. The van der Waals surface area contributed by atoms with Gasteiger partial charge in [-0.05, 0) is 43.9 Å². The van der Waals surface area contributed by atoms with E-state index in [9.17, 15) is 8.42 Å². The van der Waals surface area contributed by atoms with Crippen LogP contribution in [0, 0.1) is 6.92 Å². The minimum absolute atomic E-state index is 0.0288. The first-order valence-electron chi connectivity index (χ1n) is 6.49. The topological polar surface area (TPSA) is 81.4 Å². The molecular weight excluding hydrogens is 264 g/mol. The molecule has 104 valence electrons. The molecule has 2 heterocycles. The van der Waals surface area contributed by atoms with Gasteiger partial charge in [-0.15, -0.1) is 0 Å². The van der Waals surface area contributed by atoms with Gasteiger partial charge in [-0.1, -0.05) is 6.07 Å². The molecule has 2 bridgehead atoms. The molecule has 0 aromatic heterocycles. The third kappa shape index (κ3) is 2.35. The number of nitrogens with two attached hydrogens (primary N) is 1. The lowest BCUT2D eigenvalue weighted by atomic mass is 9.96. The fourth-order valence-electron chi connectivity index (χ4n) is 2.93. The van der Waals surface area contributed by atoms with Crippen molar-refractivity contribution in [3.05, 3.63) is 23.8 Å². The van der Waals surface area contributed by atoms with Gasteiger partial charge in [0.1, 0.15) is 0 Å². The predicted octanol–water partition coefficient (Wildman–Crippen LogP) is 1.18. The molecule has 6 heteroatoms. The molecule has 2 saturated heterocycles. The molecule has 2 aliphatic heterocycles. The summed E-state index contributed by atoms with van der Waals surface area (Å²) in [7, 11) is -3.53. The van der Waals surface area contributed by atoms with Crippen molar-refractivity contribution < 1.29 is 13.2 Å². The average molecular weight is 282 g/mol. The van der Waals surface area contributed by atoms with Crippen molar-refractivity contribution in [3.63, 3.8) is 0 Å². The predicted molar refractivity (Wildman–Crippen MR) is 72.2 cm³/mol. The Labute approximate surface area is 113 Å². The summed E-state index contributed by atoms with van der Waals surface area (Å²) in [6, 6.07) is 4.83. The van der Waals surface area contributed by atoms with E-state index in [1.54, 1.807) is 19.1 Å². The molecule has 2 aliphatic rings. The van der Waals surface area contributed by atoms with Crippen molar-refractivity contribution in [1.29, 1.82) is 0 Å². The summed E-state index contributed by atoms with van der Waals surface area (Å²) < 4.78 is 33.3. The summed E-state index contributed by atoms with van der Waals surface area (Å²) in [5.41, 5.74) is 6.83. The van der Waals surface area contributed by atoms with Gasteiger partial charge in [0, 0.05) is 5.69 Å². The van der Waals surface area contributed by atoms with Crippen molar-refractivity contribution in [2.45, 2.75) is 49.3 Å². The second-order valence-electron chi connectivity index (χ2n) is 5.36. The summed E-state index contributed by atoms with van der Waals surface area (Å²) in [5.74, 6) is 0. The fraction of sp³-hybridized carbons (Fsp3) is 0.538. The van der Waals surface area contributed by atoms with Crippen LogP contribution in [0.3, 0.4) is 0 Å². The van der Waals surface area contributed by atoms with Crippen LogP contribution < -0.4 is 10.5 Å². The van der Waals surface area contributed by atoms with Gasteiger partial charge in [-0.3, -0.25) is 0 Å². The highest BCUT2D eigenvalue weighted by Crippen LogP contribution is 2.35. The van der Waals surface area contributed by atoms with Crippen molar-refractivity contribution in [2.24, 2.45) is 0 Å². The maximum Gasteiger partial charge on any atom is 0.241 e. The van der Waals surface area contributed by atoms with Crippen LogP contribution in [0.15, 0.2) is 23.1 Å². The van der Waals surface area contributed by atoms with Crippen molar-refractivity contribution >= 4 is 15.7 Å². The highest BCUT2D eigenvalue weighted by molar-refractivity contribution is 7.89. The third-order valence-electron chi connectivity index (χ3n) is 3.91. The average Bonchev–Trinajstić information content (AvgIpc) is 2.93. The minimum Gasteiger partial charge on any atom is -0.399 e. The second-order valence-corrected chi connectivity index (χ2v) is 7.04. The van der Waals surface area contributed by atoms with Crippen molar-refractivity contribution in [1.82, 2.24) is 4.72 Å². The summed E-state index contributed by atoms with van der Waals surface area (Å²) in [6.45, 7) is 1.77. The highest BCUT2D eigenvalue weighted by Gasteiger charge is 2.42. The number of sulfonamides is 1. The van der Waals surface area contributed by atoms with Crippen LogP contribution in [0.25, 0.3) is 0 Å².